The molecule has 0 fully saturated rings. The normalized spacial score (nSPS) is 11.9. The second-order valence-electron chi connectivity index (χ2n) is 4.11. The maximum Gasteiger partial charge on any atom is 0.141 e. The third-order valence-corrected chi connectivity index (χ3v) is 3.24. The van der Waals surface area contributed by atoms with Crippen molar-refractivity contribution in [1.29, 1.82) is 0 Å². The number of rotatable bonds is 10. The lowest BCUT2D eigenvalue weighted by Gasteiger charge is -2.29. The van der Waals surface area contributed by atoms with Crippen molar-refractivity contribution in [2.24, 2.45) is 0 Å². The molecule has 0 amide bonds. The summed E-state index contributed by atoms with van der Waals surface area (Å²) in [6.07, 6.45) is 1.88. The van der Waals surface area contributed by atoms with Crippen LogP contribution in [0.3, 0.4) is 0 Å². The fourth-order valence-corrected chi connectivity index (χ4v) is 2.47. The number of ether oxygens (including phenoxy) is 3. The molecule has 16 heavy (non-hydrogen) atoms. The molecule has 0 N–H and O–H groups in total. The molecule has 0 aromatic carbocycles. The summed E-state index contributed by atoms with van der Waals surface area (Å²) in [5.41, 5.74) is 0.738. The van der Waals surface area contributed by atoms with Crippen LogP contribution in [-0.2, 0) is 14.2 Å². The predicted molar refractivity (Wildman–Crippen MR) is 70.8 cm³/mol. The van der Waals surface area contributed by atoms with E-state index in [1.165, 1.54) is 0 Å². The maximum absolute atomic E-state index is 5.66. The molecule has 0 aliphatic rings. The van der Waals surface area contributed by atoms with Crippen molar-refractivity contribution >= 4 is 10.2 Å². The SMILES string of the molecule is C=C(C)COCCCC([SiH3])(OCC)OCC. The van der Waals surface area contributed by atoms with Crippen molar-refractivity contribution in [2.45, 2.75) is 39.0 Å². The molecule has 0 aliphatic heterocycles. The smallest absolute Gasteiger partial charge is 0.141 e. The first kappa shape index (κ1) is 15.8. The molecule has 0 radical (unpaired) electrons. The van der Waals surface area contributed by atoms with Crippen LogP contribution in [0.5, 0.6) is 0 Å². The molecule has 0 rings (SSSR count). The Kier molecular flexibility index (Phi) is 8.84. The van der Waals surface area contributed by atoms with E-state index in [1.54, 1.807) is 0 Å². The molecule has 3 nitrogen and oxygen atoms in total. The van der Waals surface area contributed by atoms with E-state index in [0.717, 1.165) is 35.3 Å². The fourth-order valence-electron chi connectivity index (χ4n) is 1.54. The third-order valence-electron chi connectivity index (χ3n) is 2.17. The highest BCUT2D eigenvalue weighted by atomic mass is 28.1. The second kappa shape index (κ2) is 8.93. The van der Waals surface area contributed by atoms with Crippen molar-refractivity contribution in [2.75, 3.05) is 26.4 Å². The van der Waals surface area contributed by atoms with E-state index in [9.17, 15) is 0 Å². The van der Waals surface area contributed by atoms with Gasteiger partial charge in [0.1, 0.15) is 5.41 Å². The van der Waals surface area contributed by atoms with Crippen LogP contribution in [0.25, 0.3) is 0 Å². The van der Waals surface area contributed by atoms with Gasteiger partial charge in [-0.15, -0.1) is 0 Å². The molecule has 0 unspecified atom stereocenters. The summed E-state index contributed by atoms with van der Waals surface area (Å²) < 4.78 is 16.8. The van der Waals surface area contributed by atoms with Gasteiger partial charge < -0.3 is 14.2 Å². The first-order valence-corrected chi connectivity index (χ1v) is 7.04. The van der Waals surface area contributed by atoms with Gasteiger partial charge in [0, 0.05) is 19.8 Å². The Morgan fingerprint density at radius 2 is 1.81 bits per heavy atom. The highest BCUT2D eigenvalue weighted by molar-refractivity contribution is 6.13. The molecule has 0 heterocycles. The van der Waals surface area contributed by atoms with Crippen molar-refractivity contribution in [3.05, 3.63) is 12.2 Å². The fraction of sp³-hybridized carbons (Fsp3) is 0.833. The van der Waals surface area contributed by atoms with Gasteiger partial charge in [-0.1, -0.05) is 12.2 Å². The number of hydrogen-bond acceptors (Lipinski definition) is 3. The second-order valence-corrected chi connectivity index (χ2v) is 5.64. The van der Waals surface area contributed by atoms with Gasteiger partial charge >= 0.3 is 0 Å². The molecule has 4 heteroatoms. The minimum atomic E-state index is -0.323. The molecule has 0 saturated heterocycles. The van der Waals surface area contributed by atoms with Gasteiger partial charge in [-0.2, -0.15) is 0 Å². The minimum absolute atomic E-state index is 0.323. The van der Waals surface area contributed by atoms with Crippen molar-refractivity contribution in [1.82, 2.24) is 0 Å². The van der Waals surface area contributed by atoms with Gasteiger partial charge in [0.2, 0.25) is 0 Å². The Morgan fingerprint density at radius 1 is 1.25 bits per heavy atom. The van der Waals surface area contributed by atoms with Gasteiger partial charge in [-0.25, -0.2) is 0 Å². The first-order chi connectivity index (χ1) is 7.54. The van der Waals surface area contributed by atoms with Crippen molar-refractivity contribution in [3.63, 3.8) is 0 Å². The molecule has 0 aromatic rings. The lowest BCUT2D eigenvalue weighted by atomic mass is 10.3. The summed E-state index contributed by atoms with van der Waals surface area (Å²) in [5.74, 6) is 0. The van der Waals surface area contributed by atoms with Crippen LogP contribution < -0.4 is 0 Å². The van der Waals surface area contributed by atoms with Crippen LogP contribution in [0.15, 0.2) is 12.2 Å². The molecule has 0 aliphatic carbocycles. The summed E-state index contributed by atoms with van der Waals surface area (Å²) in [7, 11) is 0.885. The van der Waals surface area contributed by atoms with Crippen molar-refractivity contribution < 1.29 is 14.2 Å². The largest absolute Gasteiger partial charge is 0.377 e. The Morgan fingerprint density at radius 3 is 2.25 bits per heavy atom. The van der Waals surface area contributed by atoms with E-state index in [1.807, 2.05) is 20.8 Å². The lowest BCUT2D eigenvalue weighted by Crippen LogP contribution is -2.37. The predicted octanol–water partition coefficient (Wildman–Crippen LogP) is 1.45. The van der Waals surface area contributed by atoms with Gasteiger partial charge in [0.05, 0.1) is 16.8 Å². The van der Waals surface area contributed by atoms with Crippen LogP contribution in [-0.4, -0.2) is 42.1 Å². The molecule has 0 spiro atoms. The summed E-state index contributed by atoms with van der Waals surface area (Å²) in [4.78, 5) is 0. The van der Waals surface area contributed by atoms with E-state index in [-0.39, 0.29) is 5.41 Å². The zero-order valence-electron chi connectivity index (χ0n) is 11.2. The third kappa shape index (κ3) is 8.04. The summed E-state index contributed by atoms with van der Waals surface area (Å²) in [6.45, 7) is 12.6. The highest BCUT2D eigenvalue weighted by Crippen LogP contribution is 2.16. The van der Waals surface area contributed by atoms with E-state index >= 15 is 0 Å². The molecule has 0 saturated carbocycles. The van der Waals surface area contributed by atoms with E-state index < -0.39 is 0 Å². The summed E-state index contributed by atoms with van der Waals surface area (Å²) >= 11 is 0. The zero-order chi connectivity index (χ0) is 12.4. The topological polar surface area (TPSA) is 27.7 Å². The number of hydrogen-bond donors (Lipinski definition) is 0. The first-order valence-electron chi connectivity index (χ1n) is 6.04. The van der Waals surface area contributed by atoms with Gasteiger partial charge in [-0.05, 0) is 33.6 Å². The average molecular weight is 246 g/mol. The molecular formula is C12H26O3Si. The van der Waals surface area contributed by atoms with Crippen LogP contribution in [0, 0.1) is 0 Å². The monoisotopic (exact) mass is 246 g/mol. The van der Waals surface area contributed by atoms with Crippen LogP contribution in [0.2, 0.25) is 0 Å². The Labute approximate surface area is 103 Å². The molecule has 0 atom stereocenters. The average Bonchev–Trinajstić information content (AvgIpc) is 2.17. The van der Waals surface area contributed by atoms with Crippen LogP contribution >= 0.6 is 0 Å². The van der Waals surface area contributed by atoms with E-state index in [4.69, 9.17) is 14.2 Å². The van der Waals surface area contributed by atoms with E-state index in [0.29, 0.717) is 19.8 Å². The van der Waals surface area contributed by atoms with Crippen molar-refractivity contribution in [3.8, 4) is 0 Å². The van der Waals surface area contributed by atoms with Crippen LogP contribution in [0.1, 0.15) is 33.6 Å². The van der Waals surface area contributed by atoms with Crippen LogP contribution in [0.4, 0.5) is 0 Å². The zero-order valence-corrected chi connectivity index (χ0v) is 13.2. The molecular weight excluding hydrogens is 220 g/mol. The Bertz CT molecular complexity index is 189. The van der Waals surface area contributed by atoms with Gasteiger partial charge in [0.15, 0.2) is 0 Å². The Hall–Kier alpha value is -0.163. The Balaban J connectivity index is 3.71. The van der Waals surface area contributed by atoms with Gasteiger partial charge in [-0.3, -0.25) is 0 Å². The molecule has 96 valence electrons. The maximum atomic E-state index is 5.66. The minimum Gasteiger partial charge on any atom is -0.377 e. The van der Waals surface area contributed by atoms with E-state index in [2.05, 4.69) is 6.58 Å². The standard InChI is InChI=1S/C12H26O3Si/c1-5-14-12(16,15-6-2)8-7-9-13-10-11(3)4/h3,5-10H2,1-2,4,16H3. The summed E-state index contributed by atoms with van der Waals surface area (Å²) in [5, 5.41) is 0. The summed E-state index contributed by atoms with van der Waals surface area (Å²) in [6, 6.07) is 0. The van der Waals surface area contributed by atoms with Gasteiger partial charge in [0.25, 0.3) is 0 Å². The lowest BCUT2D eigenvalue weighted by molar-refractivity contribution is -0.178. The quantitative estimate of drug-likeness (QED) is 0.253. The molecule has 0 aromatic heterocycles. The molecule has 0 bridgehead atoms. The highest BCUT2D eigenvalue weighted by Gasteiger charge is 2.23.